The third kappa shape index (κ3) is 2.66. The number of benzene rings is 1. The summed E-state index contributed by atoms with van der Waals surface area (Å²) in [4.78, 5) is 37.8. The molecule has 3 rings (SSSR count). The Labute approximate surface area is 126 Å². The van der Waals surface area contributed by atoms with Gasteiger partial charge in [-0.2, -0.15) is 0 Å². The molecule has 2 aliphatic heterocycles. The summed E-state index contributed by atoms with van der Waals surface area (Å²) < 4.78 is 18.5. The zero-order valence-corrected chi connectivity index (χ0v) is 11.8. The number of carbonyl (C=O) groups is 3. The second-order valence-corrected chi connectivity index (χ2v) is 5.33. The Bertz CT molecular complexity index is 612. The molecule has 0 N–H and O–H groups in total. The van der Waals surface area contributed by atoms with Crippen molar-refractivity contribution in [1.82, 2.24) is 9.80 Å². The van der Waals surface area contributed by atoms with E-state index in [2.05, 4.69) is 0 Å². The number of amides is 3. The van der Waals surface area contributed by atoms with E-state index in [1.807, 2.05) is 0 Å². The number of halogens is 1. The maximum absolute atomic E-state index is 13.4. The summed E-state index contributed by atoms with van der Waals surface area (Å²) in [5.74, 6) is -1.14. The molecule has 3 amide bonds. The van der Waals surface area contributed by atoms with Crippen LogP contribution in [-0.2, 0) is 14.4 Å². The lowest BCUT2D eigenvalue weighted by Crippen LogP contribution is -2.62. The van der Waals surface area contributed by atoms with Crippen molar-refractivity contribution in [3.63, 3.8) is 0 Å². The van der Waals surface area contributed by atoms with Crippen LogP contribution in [-0.4, -0.2) is 53.3 Å². The van der Waals surface area contributed by atoms with Crippen molar-refractivity contribution in [1.29, 1.82) is 0 Å². The maximum atomic E-state index is 13.4. The fraction of sp³-hybridized carbons (Fsp3) is 0.400. The average molecular weight is 306 g/mol. The van der Waals surface area contributed by atoms with E-state index in [0.717, 1.165) is 0 Å². The van der Waals surface area contributed by atoms with Gasteiger partial charge in [0.1, 0.15) is 0 Å². The molecular weight excluding hydrogens is 291 g/mol. The number of para-hydroxylation sites is 1. The Morgan fingerprint density at radius 2 is 1.82 bits per heavy atom. The topological polar surface area (TPSA) is 66.9 Å². The van der Waals surface area contributed by atoms with Crippen LogP contribution in [0.15, 0.2) is 24.3 Å². The number of likely N-dealkylation sites (tertiary alicyclic amines) is 2. The zero-order valence-electron chi connectivity index (χ0n) is 11.8. The summed E-state index contributed by atoms with van der Waals surface area (Å²) in [5.41, 5.74) is 0. The third-order valence-electron chi connectivity index (χ3n) is 3.86. The average Bonchev–Trinajstić information content (AvgIpc) is 2.77. The Hall–Kier alpha value is -2.44. The minimum atomic E-state index is -0.523. The quantitative estimate of drug-likeness (QED) is 0.763. The van der Waals surface area contributed by atoms with E-state index in [0.29, 0.717) is 13.1 Å². The van der Waals surface area contributed by atoms with Gasteiger partial charge in [0.15, 0.2) is 18.2 Å². The van der Waals surface area contributed by atoms with Gasteiger partial charge in [0.05, 0.1) is 6.04 Å². The van der Waals surface area contributed by atoms with E-state index >= 15 is 0 Å². The molecule has 22 heavy (non-hydrogen) atoms. The number of imide groups is 1. The van der Waals surface area contributed by atoms with Crippen molar-refractivity contribution in [3.8, 4) is 5.75 Å². The van der Waals surface area contributed by atoms with Crippen molar-refractivity contribution in [2.75, 3.05) is 19.7 Å². The van der Waals surface area contributed by atoms with Crippen molar-refractivity contribution >= 4 is 17.7 Å². The monoisotopic (exact) mass is 306 g/mol. The first-order valence-electron chi connectivity index (χ1n) is 7.06. The molecule has 2 heterocycles. The van der Waals surface area contributed by atoms with E-state index in [4.69, 9.17) is 4.74 Å². The van der Waals surface area contributed by atoms with Crippen LogP contribution in [0.5, 0.6) is 5.75 Å². The van der Waals surface area contributed by atoms with Gasteiger partial charge >= 0.3 is 0 Å². The van der Waals surface area contributed by atoms with Gasteiger partial charge in [-0.15, -0.1) is 0 Å². The van der Waals surface area contributed by atoms with Gasteiger partial charge in [-0.05, 0) is 12.1 Å². The Morgan fingerprint density at radius 1 is 1.18 bits per heavy atom. The molecule has 1 aromatic rings. The molecule has 7 heteroatoms. The zero-order chi connectivity index (χ0) is 15.7. The van der Waals surface area contributed by atoms with Crippen LogP contribution in [0.3, 0.4) is 0 Å². The molecule has 0 spiro atoms. The fourth-order valence-electron chi connectivity index (χ4n) is 2.62. The number of ether oxygens (including phenoxy) is 1. The molecule has 0 aromatic heterocycles. The molecule has 0 saturated carbocycles. The molecule has 0 atom stereocenters. The van der Waals surface area contributed by atoms with E-state index in [1.54, 1.807) is 6.07 Å². The standard InChI is InChI=1S/C15H15FN2O4/c16-11-3-1-2-4-12(11)22-9-15(21)17-7-10(8-17)18-13(19)5-6-14(18)20/h1-4,10H,5-9H2. The van der Waals surface area contributed by atoms with Crippen molar-refractivity contribution in [2.24, 2.45) is 0 Å². The van der Waals surface area contributed by atoms with Crippen LogP contribution < -0.4 is 4.74 Å². The van der Waals surface area contributed by atoms with Gasteiger partial charge in [0, 0.05) is 25.9 Å². The van der Waals surface area contributed by atoms with E-state index < -0.39 is 5.82 Å². The molecule has 0 unspecified atom stereocenters. The smallest absolute Gasteiger partial charge is 0.260 e. The Balaban J connectivity index is 1.49. The van der Waals surface area contributed by atoms with Crippen LogP contribution in [0.25, 0.3) is 0 Å². The highest BCUT2D eigenvalue weighted by Gasteiger charge is 2.42. The highest BCUT2D eigenvalue weighted by Crippen LogP contribution is 2.22. The van der Waals surface area contributed by atoms with Gasteiger partial charge in [-0.1, -0.05) is 12.1 Å². The normalized spacial score (nSPS) is 18.6. The highest BCUT2D eigenvalue weighted by atomic mass is 19.1. The molecule has 1 aromatic carbocycles. The minimum Gasteiger partial charge on any atom is -0.481 e. The van der Waals surface area contributed by atoms with Gasteiger partial charge < -0.3 is 9.64 Å². The SMILES string of the molecule is O=C(COc1ccccc1F)N1CC(N2C(=O)CCC2=O)C1. The molecule has 2 fully saturated rings. The third-order valence-corrected chi connectivity index (χ3v) is 3.86. The van der Waals surface area contributed by atoms with E-state index in [9.17, 15) is 18.8 Å². The lowest BCUT2D eigenvalue weighted by atomic mass is 10.1. The summed E-state index contributed by atoms with van der Waals surface area (Å²) >= 11 is 0. The molecule has 2 aliphatic rings. The summed E-state index contributed by atoms with van der Waals surface area (Å²) in [6.45, 7) is 0.365. The number of hydrogen-bond donors (Lipinski definition) is 0. The van der Waals surface area contributed by atoms with Gasteiger partial charge in [-0.3, -0.25) is 19.3 Å². The van der Waals surface area contributed by atoms with Gasteiger partial charge in [0.2, 0.25) is 11.8 Å². The molecule has 116 valence electrons. The van der Waals surface area contributed by atoms with Crippen molar-refractivity contribution in [3.05, 3.63) is 30.1 Å². The van der Waals surface area contributed by atoms with Crippen molar-refractivity contribution < 1.29 is 23.5 Å². The number of hydrogen-bond acceptors (Lipinski definition) is 4. The molecule has 0 aliphatic carbocycles. The molecule has 0 radical (unpaired) electrons. The second kappa shape index (κ2) is 5.75. The summed E-state index contributed by atoms with van der Waals surface area (Å²) in [7, 11) is 0. The maximum Gasteiger partial charge on any atom is 0.260 e. The van der Waals surface area contributed by atoms with E-state index in [1.165, 1.54) is 28.0 Å². The van der Waals surface area contributed by atoms with Crippen LogP contribution in [0.1, 0.15) is 12.8 Å². The predicted molar refractivity (Wildman–Crippen MR) is 73.4 cm³/mol. The Kier molecular flexibility index (Phi) is 3.79. The largest absolute Gasteiger partial charge is 0.481 e. The molecule has 0 bridgehead atoms. The number of nitrogens with zero attached hydrogens (tertiary/aromatic N) is 2. The first kappa shape index (κ1) is 14.5. The summed E-state index contributed by atoms with van der Waals surface area (Å²) in [6.07, 6.45) is 0.499. The molecule has 2 saturated heterocycles. The van der Waals surface area contributed by atoms with Crippen molar-refractivity contribution in [2.45, 2.75) is 18.9 Å². The first-order chi connectivity index (χ1) is 10.6. The van der Waals surface area contributed by atoms with E-state index in [-0.39, 0.29) is 49.0 Å². The molecular formula is C15H15FN2O4. The minimum absolute atomic E-state index is 0.0258. The fourth-order valence-corrected chi connectivity index (χ4v) is 2.62. The predicted octanol–water partition coefficient (Wildman–Crippen LogP) is 0.564. The Morgan fingerprint density at radius 3 is 2.45 bits per heavy atom. The summed E-state index contributed by atoms with van der Waals surface area (Å²) in [5, 5.41) is 0. The summed E-state index contributed by atoms with van der Waals surface area (Å²) in [6, 6.07) is 5.62. The number of rotatable bonds is 4. The van der Waals surface area contributed by atoms with Gasteiger partial charge in [0.25, 0.3) is 5.91 Å². The van der Waals surface area contributed by atoms with Crippen LogP contribution in [0.2, 0.25) is 0 Å². The first-order valence-corrected chi connectivity index (χ1v) is 7.06. The highest BCUT2D eigenvalue weighted by molar-refractivity contribution is 6.02. The second-order valence-electron chi connectivity index (χ2n) is 5.33. The van der Waals surface area contributed by atoms with Crippen LogP contribution >= 0.6 is 0 Å². The lowest BCUT2D eigenvalue weighted by molar-refractivity contribution is -0.152. The molecule has 6 nitrogen and oxygen atoms in total. The van der Waals surface area contributed by atoms with Crippen LogP contribution in [0.4, 0.5) is 4.39 Å². The lowest BCUT2D eigenvalue weighted by Gasteiger charge is -2.42. The number of carbonyl (C=O) groups excluding carboxylic acids is 3. The van der Waals surface area contributed by atoms with Gasteiger partial charge in [-0.25, -0.2) is 4.39 Å². The van der Waals surface area contributed by atoms with Crippen LogP contribution in [0, 0.1) is 5.82 Å².